The van der Waals surface area contributed by atoms with E-state index >= 15 is 0 Å². The molecule has 0 saturated carbocycles. The number of nitrogens with zero attached hydrogens (tertiary/aromatic N) is 1. The first-order chi connectivity index (χ1) is 14.1. The second-order valence-corrected chi connectivity index (χ2v) is 6.75. The fraction of sp³-hybridized carbons (Fsp3) is 0.409. The van der Waals surface area contributed by atoms with Crippen LogP contribution in [-0.4, -0.2) is 39.9 Å². The number of hydrogen-bond acceptors (Lipinski definition) is 5. The quantitative estimate of drug-likeness (QED) is 0.319. The minimum absolute atomic E-state index is 0. The number of fused-ring (bicyclic) bond motifs is 1. The van der Waals surface area contributed by atoms with Crippen molar-refractivity contribution in [3.63, 3.8) is 0 Å². The molecule has 0 saturated heterocycles. The third-order valence-corrected chi connectivity index (χ3v) is 4.70. The van der Waals surface area contributed by atoms with Gasteiger partial charge < -0.3 is 29.6 Å². The van der Waals surface area contributed by atoms with Crippen LogP contribution in [0.4, 0.5) is 5.69 Å². The Kier molecular flexibility index (Phi) is 8.88. The first kappa shape index (κ1) is 23.9. The zero-order chi connectivity index (χ0) is 20.8. The number of benzene rings is 2. The number of aliphatic imine (C=N–C) groups is 1. The Morgan fingerprint density at radius 3 is 2.57 bits per heavy atom. The Hall–Kier alpha value is -2.36. The van der Waals surface area contributed by atoms with Gasteiger partial charge >= 0.3 is 0 Å². The molecule has 2 N–H and O–H groups in total. The molecular weight excluding hydrogens is 497 g/mol. The molecule has 0 fully saturated rings. The molecular formula is C22H30IN3O4. The van der Waals surface area contributed by atoms with Gasteiger partial charge in [-0.1, -0.05) is 0 Å². The molecule has 7 nitrogen and oxygen atoms in total. The topological polar surface area (TPSA) is 73.3 Å². The molecule has 2 aromatic rings. The van der Waals surface area contributed by atoms with E-state index in [4.69, 9.17) is 18.9 Å². The summed E-state index contributed by atoms with van der Waals surface area (Å²) in [5.41, 5.74) is 3.04. The fourth-order valence-electron chi connectivity index (χ4n) is 3.33. The average Bonchev–Trinajstić information content (AvgIpc) is 3.09. The van der Waals surface area contributed by atoms with Crippen molar-refractivity contribution in [2.75, 3.05) is 33.2 Å². The summed E-state index contributed by atoms with van der Waals surface area (Å²) in [5.74, 6) is 3.77. The number of anilines is 1. The molecule has 0 radical (unpaired) electrons. The van der Waals surface area contributed by atoms with Crippen molar-refractivity contribution in [3.8, 4) is 23.0 Å². The standard InChI is InChI=1S/C22H29N3O4.HI/c1-6-28-21-12-17(7-8-18(21)26-4)25-22(23-3)24-13-16-11-20-15(9-14(2)29-20)10-19(16)27-5;/h7-8,10-12,14H,6,9,13H2,1-5H3,(H2,23,24,25);1H. The highest BCUT2D eigenvalue weighted by Gasteiger charge is 2.21. The van der Waals surface area contributed by atoms with Gasteiger partial charge in [0.25, 0.3) is 0 Å². The van der Waals surface area contributed by atoms with Crippen molar-refractivity contribution in [1.29, 1.82) is 0 Å². The molecule has 1 atom stereocenters. The number of hydrogen-bond donors (Lipinski definition) is 2. The molecule has 164 valence electrons. The molecule has 1 unspecified atom stereocenters. The maximum absolute atomic E-state index is 5.88. The van der Waals surface area contributed by atoms with E-state index in [1.54, 1.807) is 21.3 Å². The molecule has 1 heterocycles. The number of halogens is 1. The van der Waals surface area contributed by atoms with Gasteiger partial charge in [-0.2, -0.15) is 0 Å². The number of methoxy groups -OCH3 is 2. The zero-order valence-electron chi connectivity index (χ0n) is 18.1. The van der Waals surface area contributed by atoms with Crippen molar-refractivity contribution < 1.29 is 18.9 Å². The molecule has 0 bridgehead atoms. The van der Waals surface area contributed by atoms with Gasteiger partial charge in [-0.15, -0.1) is 24.0 Å². The van der Waals surface area contributed by atoms with E-state index < -0.39 is 0 Å². The van der Waals surface area contributed by atoms with E-state index in [9.17, 15) is 0 Å². The summed E-state index contributed by atoms with van der Waals surface area (Å²) in [7, 11) is 5.04. The maximum Gasteiger partial charge on any atom is 0.195 e. The summed E-state index contributed by atoms with van der Waals surface area (Å²) in [5, 5.41) is 6.60. The van der Waals surface area contributed by atoms with Crippen LogP contribution in [0.5, 0.6) is 23.0 Å². The van der Waals surface area contributed by atoms with Gasteiger partial charge in [-0.25, -0.2) is 0 Å². The number of nitrogens with one attached hydrogen (secondary N) is 2. The van der Waals surface area contributed by atoms with Crippen LogP contribution in [0.2, 0.25) is 0 Å². The first-order valence-electron chi connectivity index (χ1n) is 9.72. The maximum atomic E-state index is 5.88. The smallest absolute Gasteiger partial charge is 0.195 e. The van der Waals surface area contributed by atoms with Gasteiger partial charge in [0.2, 0.25) is 0 Å². The van der Waals surface area contributed by atoms with Gasteiger partial charge in [0, 0.05) is 42.9 Å². The van der Waals surface area contributed by atoms with Crippen molar-refractivity contribution in [1.82, 2.24) is 5.32 Å². The summed E-state index contributed by atoms with van der Waals surface area (Å²) in [6.45, 7) is 5.12. The molecule has 30 heavy (non-hydrogen) atoms. The number of ether oxygens (including phenoxy) is 4. The van der Waals surface area contributed by atoms with E-state index in [0.717, 1.165) is 29.2 Å². The molecule has 3 rings (SSSR count). The lowest BCUT2D eigenvalue weighted by Gasteiger charge is -2.16. The van der Waals surface area contributed by atoms with Crippen LogP contribution in [0.15, 0.2) is 35.3 Å². The molecule has 8 heteroatoms. The first-order valence-corrected chi connectivity index (χ1v) is 9.72. The minimum atomic E-state index is 0. The van der Waals surface area contributed by atoms with Crippen LogP contribution in [0.1, 0.15) is 25.0 Å². The summed E-state index contributed by atoms with van der Waals surface area (Å²) in [6.07, 6.45) is 1.10. The van der Waals surface area contributed by atoms with Gasteiger partial charge in [0.05, 0.1) is 20.8 Å². The summed E-state index contributed by atoms with van der Waals surface area (Å²) in [4.78, 5) is 4.31. The van der Waals surface area contributed by atoms with E-state index in [1.165, 1.54) is 5.56 Å². The van der Waals surface area contributed by atoms with Crippen LogP contribution in [-0.2, 0) is 13.0 Å². The number of rotatable bonds is 7. The lowest BCUT2D eigenvalue weighted by Crippen LogP contribution is -2.30. The van der Waals surface area contributed by atoms with Crippen LogP contribution in [0, 0.1) is 0 Å². The molecule has 0 spiro atoms. The largest absolute Gasteiger partial charge is 0.496 e. The lowest BCUT2D eigenvalue weighted by atomic mass is 10.1. The Labute approximate surface area is 195 Å². The Morgan fingerprint density at radius 1 is 1.13 bits per heavy atom. The Bertz CT molecular complexity index is 889. The van der Waals surface area contributed by atoms with Crippen LogP contribution >= 0.6 is 24.0 Å². The fourth-order valence-corrected chi connectivity index (χ4v) is 3.33. The highest BCUT2D eigenvalue weighted by Crippen LogP contribution is 2.35. The van der Waals surface area contributed by atoms with Crippen LogP contribution in [0.3, 0.4) is 0 Å². The molecule has 0 aliphatic carbocycles. The SMILES string of the molecule is CCOc1cc(NC(=NC)NCc2cc3c(cc2OC)CC(C)O3)ccc1OC.I. The monoisotopic (exact) mass is 527 g/mol. The third-order valence-electron chi connectivity index (χ3n) is 4.70. The Morgan fingerprint density at radius 2 is 1.90 bits per heavy atom. The van der Waals surface area contributed by atoms with Crippen molar-refractivity contribution in [2.45, 2.75) is 32.9 Å². The normalized spacial score (nSPS) is 14.8. The predicted molar refractivity (Wildman–Crippen MR) is 130 cm³/mol. The zero-order valence-corrected chi connectivity index (χ0v) is 20.4. The molecule has 0 amide bonds. The van der Waals surface area contributed by atoms with Crippen molar-refractivity contribution >= 4 is 35.6 Å². The van der Waals surface area contributed by atoms with Crippen LogP contribution < -0.4 is 29.6 Å². The van der Waals surface area contributed by atoms with Crippen LogP contribution in [0.25, 0.3) is 0 Å². The molecule has 1 aliphatic heterocycles. The van der Waals surface area contributed by atoms with Crippen molar-refractivity contribution in [2.24, 2.45) is 4.99 Å². The highest BCUT2D eigenvalue weighted by molar-refractivity contribution is 14.0. The average molecular weight is 527 g/mol. The van der Waals surface area contributed by atoms with E-state index in [0.29, 0.717) is 30.6 Å². The predicted octanol–water partition coefficient (Wildman–Crippen LogP) is 4.23. The van der Waals surface area contributed by atoms with Gasteiger partial charge in [0.1, 0.15) is 17.6 Å². The summed E-state index contributed by atoms with van der Waals surface area (Å²) in [6, 6.07) is 9.77. The third kappa shape index (κ3) is 5.62. The summed E-state index contributed by atoms with van der Waals surface area (Å²) >= 11 is 0. The van der Waals surface area contributed by atoms with Gasteiger partial charge in [0.15, 0.2) is 17.5 Å². The van der Waals surface area contributed by atoms with E-state index in [-0.39, 0.29) is 30.1 Å². The summed E-state index contributed by atoms with van der Waals surface area (Å²) < 4.78 is 22.4. The second kappa shape index (κ2) is 11.1. The number of guanidine groups is 1. The molecule has 0 aromatic heterocycles. The minimum Gasteiger partial charge on any atom is -0.496 e. The van der Waals surface area contributed by atoms with E-state index in [2.05, 4.69) is 28.6 Å². The van der Waals surface area contributed by atoms with Gasteiger partial charge in [-0.3, -0.25) is 4.99 Å². The molecule has 1 aliphatic rings. The van der Waals surface area contributed by atoms with Gasteiger partial charge in [-0.05, 0) is 38.1 Å². The van der Waals surface area contributed by atoms with E-state index in [1.807, 2.05) is 31.2 Å². The molecule has 2 aromatic carbocycles. The Balaban J connectivity index is 0.00000320. The lowest BCUT2D eigenvalue weighted by molar-refractivity contribution is 0.254. The van der Waals surface area contributed by atoms with Crippen molar-refractivity contribution in [3.05, 3.63) is 41.5 Å². The highest BCUT2D eigenvalue weighted by atomic mass is 127. The second-order valence-electron chi connectivity index (χ2n) is 6.75.